The van der Waals surface area contributed by atoms with E-state index in [1.807, 2.05) is 6.20 Å². The van der Waals surface area contributed by atoms with Crippen molar-refractivity contribution in [3.63, 3.8) is 0 Å². The highest BCUT2D eigenvalue weighted by molar-refractivity contribution is 5.85. The molecule has 0 radical (unpaired) electrons. The van der Waals surface area contributed by atoms with Crippen molar-refractivity contribution in [1.82, 2.24) is 24.9 Å². The molecule has 3 heterocycles. The average Bonchev–Trinajstić information content (AvgIpc) is 3.27. The molecule has 0 saturated carbocycles. The Morgan fingerprint density at radius 1 is 1.00 bits per heavy atom. The predicted octanol–water partition coefficient (Wildman–Crippen LogP) is 1.83. The van der Waals surface area contributed by atoms with Crippen LogP contribution in [0.4, 0.5) is 0 Å². The Balaban J connectivity index is 0.00000182. The van der Waals surface area contributed by atoms with E-state index < -0.39 is 0 Å². The smallest absolute Gasteiger partial charge is 0.0659 e. The van der Waals surface area contributed by atoms with Crippen LogP contribution >= 0.6 is 12.4 Å². The first-order valence-electron chi connectivity index (χ1n) is 9.09. The van der Waals surface area contributed by atoms with Crippen LogP contribution in [-0.2, 0) is 13.1 Å². The molecule has 2 saturated heterocycles. The van der Waals surface area contributed by atoms with Crippen molar-refractivity contribution in [3.05, 3.63) is 53.9 Å². The summed E-state index contributed by atoms with van der Waals surface area (Å²) in [7, 11) is 0. The molecule has 2 aliphatic rings. The Bertz CT molecular complexity index is 638. The number of likely N-dealkylation sites (tertiary alicyclic amines) is 1. The molecular weight excluding hydrogens is 334 g/mol. The minimum Gasteiger partial charge on any atom is -0.314 e. The van der Waals surface area contributed by atoms with Gasteiger partial charge in [-0.2, -0.15) is 5.10 Å². The minimum atomic E-state index is 0. The van der Waals surface area contributed by atoms with Gasteiger partial charge in [0.15, 0.2) is 0 Å². The molecule has 0 spiro atoms. The first-order valence-corrected chi connectivity index (χ1v) is 9.09. The van der Waals surface area contributed by atoms with Crippen LogP contribution in [0.5, 0.6) is 0 Å². The lowest BCUT2D eigenvalue weighted by molar-refractivity contribution is 0.170. The fourth-order valence-corrected chi connectivity index (χ4v) is 3.90. The zero-order valence-electron chi connectivity index (χ0n) is 14.7. The van der Waals surface area contributed by atoms with E-state index in [1.165, 1.54) is 43.7 Å². The van der Waals surface area contributed by atoms with E-state index >= 15 is 0 Å². The molecule has 1 N–H and O–H groups in total. The van der Waals surface area contributed by atoms with Gasteiger partial charge in [0.1, 0.15) is 0 Å². The molecule has 1 atom stereocenters. The van der Waals surface area contributed by atoms with Crippen LogP contribution in [0.25, 0.3) is 0 Å². The van der Waals surface area contributed by atoms with Gasteiger partial charge >= 0.3 is 0 Å². The zero-order chi connectivity index (χ0) is 16.2. The average molecular weight is 362 g/mol. The number of aromatic nitrogens is 2. The second-order valence-corrected chi connectivity index (χ2v) is 7.00. The second-order valence-electron chi connectivity index (χ2n) is 7.00. The summed E-state index contributed by atoms with van der Waals surface area (Å²) >= 11 is 0. The SMILES string of the molecule is Cl.c1ccc(Cn2cc(CN3CCC(N4CCNCC4)C3)cn2)cc1. The normalized spacial score (nSPS) is 22.0. The van der Waals surface area contributed by atoms with Crippen LogP contribution in [0.3, 0.4) is 0 Å². The summed E-state index contributed by atoms with van der Waals surface area (Å²) in [5, 5.41) is 7.98. The van der Waals surface area contributed by atoms with Gasteiger partial charge in [0.25, 0.3) is 0 Å². The number of benzene rings is 1. The summed E-state index contributed by atoms with van der Waals surface area (Å²) in [6.45, 7) is 8.97. The van der Waals surface area contributed by atoms with Crippen molar-refractivity contribution in [2.24, 2.45) is 0 Å². The van der Waals surface area contributed by atoms with Gasteiger partial charge < -0.3 is 5.32 Å². The van der Waals surface area contributed by atoms with Crippen LogP contribution in [0.15, 0.2) is 42.7 Å². The highest BCUT2D eigenvalue weighted by atomic mass is 35.5. The maximum absolute atomic E-state index is 4.53. The molecular formula is C19H28ClN5. The Kier molecular flexibility index (Phi) is 6.48. The lowest BCUT2D eigenvalue weighted by atomic mass is 10.2. The maximum Gasteiger partial charge on any atom is 0.0659 e. The second kappa shape index (κ2) is 8.81. The third-order valence-electron chi connectivity index (χ3n) is 5.20. The highest BCUT2D eigenvalue weighted by Gasteiger charge is 2.28. The largest absolute Gasteiger partial charge is 0.314 e. The summed E-state index contributed by atoms with van der Waals surface area (Å²) in [4.78, 5) is 5.24. The molecule has 6 heteroatoms. The highest BCUT2D eigenvalue weighted by Crippen LogP contribution is 2.18. The number of piperazine rings is 1. The molecule has 1 aromatic carbocycles. The number of rotatable bonds is 5. The molecule has 2 aliphatic heterocycles. The van der Waals surface area contributed by atoms with Crippen molar-refractivity contribution in [1.29, 1.82) is 0 Å². The van der Waals surface area contributed by atoms with E-state index in [2.05, 4.69) is 61.4 Å². The van der Waals surface area contributed by atoms with Crippen molar-refractivity contribution in [2.75, 3.05) is 39.3 Å². The van der Waals surface area contributed by atoms with Crippen LogP contribution in [-0.4, -0.2) is 64.9 Å². The summed E-state index contributed by atoms with van der Waals surface area (Å²) in [6, 6.07) is 11.3. The molecule has 1 unspecified atom stereocenters. The van der Waals surface area contributed by atoms with Crippen molar-refractivity contribution in [3.8, 4) is 0 Å². The fourth-order valence-electron chi connectivity index (χ4n) is 3.90. The molecule has 0 aliphatic carbocycles. The summed E-state index contributed by atoms with van der Waals surface area (Å²) in [6.07, 6.45) is 5.53. The summed E-state index contributed by atoms with van der Waals surface area (Å²) in [5.41, 5.74) is 2.62. The maximum atomic E-state index is 4.53. The zero-order valence-corrected chi connectivity index (χ0v) is 15.5. The molecule has 25 heavy (non-hydrogen) atoms. The molecule has 0 bridgehead atoms. The van der Waals surface area contributed by atoms with Gasteiger partial charge in [-0.3, -0.25) is 14.5 Å². The van der Waals surface area contributed by atoms with Crippen molar-refractivity contribution < 1.29 is 0 Å². The first-order chi connectivity index (χ1) is 11.9. The summed E-state index contributed by atoms with van der Waals surface area (Å²) in [5.74, 6) is 0. The van der Waals surface area contributed by atoms with E-state index in [9.17, 15) is 0 Å². The van der Waals surface area contributed by atoms with Gasteiger partial charge in [-0.1, -0.05) is 30.3 Å². The number of halogens is 1. The molecule has 2 aromatic rings. The van der Waals surface area contributed by atoms with Gasteiger partial charge in [0.2, 0.25) is 0 Å². The van der Waals surface area contributed by atoms with E-state index in [1.54, 1.807) is 0 Å². The van der Waals surface area contributed by atoms with Gasteiger partial charge in [-0.25, -0.2) is 0 Å². The molecule has 136 valence electrons. The van der Waals surface area contributed by atoms with E-state index in [4.69, 9.17) is 0 Å². The Labute approximate surface area is 156 Å². The lowest BCUT2D eigenvalue weighted by Gasteiger charge is -2.32. The number of hydrogen-bond acceptors (Lipinski definition) is 4. The number of nitrogens with zero attached hydrogens (tertiary/aromatic N) is 4. The molecule has 2 fully saturated rings. The third-order valence-corrected chi connectivity index (χ3v) is 5.20. The third kappa shape index (κ3) is 4.82. The van der Waals surface area contributed by atoms with Gasteiger partial charge in [0, 0.05) is 63.6 Å². The van der Waals surface area contributed by atoms with E-state index in [0.717, 1.165) is 32.2 Å². The monoisotopic (exact) mass is 361 g/mol. The summed E-state index contributed by atoms with van der Waals surface area (Å²) < 4.78 is 2.05. The predicted molar refractivity (Wildman–Crippen MR) is 103 cm³/mol. The van der Waals surface area contributed by atoms with Crippen molar-refractivity contribution >= 4 is 12.4 Å². The van der Waals surface area contributed by atoms with Crippen LogP contribution in [0, 0.1) is 0 Å². The molecule has 0 amide bonds. The molecule has 4 rings (SSSR count). The van der Waals surface area contributed by atoms with Crippen LogP contribution in [0.1, 0.15) is 17.5 Å². The van der Waals surface area contributed by atoms with Crippen LogP contribution in [0.2, 0.25) is 0 Å². The van der Waals surface area contributed by atoms with Gasteiger partial charge in [-0.05, 0) is 12.0 Å². The molecule has 5 nitrogen and oxygen atoms in total. The molecule has 1 aromatic heterocycles. The van der Waals surface area contributed by atoms with E-state index in [-0.39, 0.29) is 12.4 Å². The Morgan fingerprint density at radius 2 is 1.80 bits per heavy atom. The van der Waals surface area contributed by atoms with Crippen LogP contribution < -0.4 is 5.32 Å². The fraction of sp³-hybridized carbons (Fsp3) is 0.526. The Morgan fingerprint density at radius 3 is 2.60 bits per heavy atom. The topological polar surface area (TPSA) is 36.3 Å². The van der Waals surface area contributed by atoms with Gasteiger partial charge in [-0.15, -0.1) is 12.4 Å². The Hall–Kier alpha value is -1.40. The lowest BCUT2D eigenvalue weighted by Crippen LogP contribution is -2.49. The van der Waals surface area contributed by atoms with E-state index in [0.29, 0.717) is 0 Å². The first kappa shape index (κ1) is 18.4. The van der Waals surface area contributed by atoms with Crippen molar-refractivity contribution in [2.45, 2.75) is 25.6 Å². The number of nitrogens with one attached hydrogen (secondary N) is 1. The van der Waals surface area contributed by atoms with Gasteiger partial charge in [0.05, 0.1) is 12.7 Å². The number of hydrogen-bond donors (Lipinski definition) is 1. The quantitative estimate of drug-likeness (QED) is 0.881. The standard InChI is InChI=1S/C19H27N5.ClH/c1-2-4-17(5-3-1)14-24-15-18(12-21-24)13-22-9-6-19(16-22)23-10-7-20-8-11-23;/h1-5,12,15,19-20H,6-11,13-14,16H2;1H. The minimum absolute atomic E-state index is 0.